The second kappa shape index (κ2) is 3.54. The SMILES string of the molecule is COc1cccc([C@]2(C)C=CC(=O)C2)c1. The molecule has 0 heterocycles. The maximum atomic E-state index is 11.3. The van der Waals surface area contributed by atoms with Gasteiger partial charge in [-0.2, -0.15) is 0 Å². The second-order valence-electron chi connectivity index (χ2n) is 4.13. The van der Waals surface area contributed by atoms with E-state index in [1.165, 1.54) is 0 Å². The highest BCUT2D eigenvalue weighted by molar-refractivity contribution is 5.94. The summed E-state index contributed by atoms with van der Waals surface area (Å²) in [5, 5.41) is 0. The van der Waals surface area contributed by atoms with E-state index in [-0.39, 0.29) is 11.2 Å². The number of ketones is 1. The molecule has 0 unspecified atom stereocenters. The van der Waals surface area contributed by atoms with Crippen LogP contribution in [-0.4, -0.2) is 12.9 Å². The first-order valence-electron chi connectivity index (χ1n) is 5.01. The van der Waals surface area contributed by atoms with Crippen LogP contribution in [0.25, 0.3) is 0 Å². The van der Waals surface area contributed by atoms with Gasteiger partial charge < -0.3 is 4.74 Å². The van der Waals surface area contributed by atoms with Crippen molar-refractivity contribution in [1.82, 2.24) is 0 Å². The molecule has 78 valence electrons. The summed E-state index contributed by atoms with van der Waals surface area (Å²) in [6, 6.07) is 7.89. The Morgan fingerprint density at radius 2 is 2.20 bits per heavy atom. The van der Waals surface area contributed by atoms with Crippen LogP contribution in [0.2, 0.25) is 0 Å². The maximum Gasteiger partial charge on any atom is 0.156 e. The second-order valence-corrected chi connectivity index (χ2v) is 4.13. The van der Waals surface area contributed by atoms with Crippen molar-refractivity contribution in [3.05, 3.63) is 42.0 Å². The third kappa shape index (κ3) is 1.80. The van der Waals surface area contributed by atoms with Crippen molar-refractivity contribution in [2.45, 2.75) is 18.8 Å². The topological polar surface area (TPSA) is 26.3 Å². The highest BCUT2D eigenvalue weighted by Crippen LogP contribution is 2.35. The average Bonchev–Trinajstić information content (AvgIpc) is 2.60. The molecule has 0 aliphatic heterocycles. The Hall–Kier alpha value is -1.57. The van der Waals surface area contributed by atoms with Crippen LogP contribution in [0.1, 0.15) is 18.9 Å². The van der Waals surface area contributed by atoms with E-state index >= 15 is 0 Å². The molecule has 0 amide bonds. The zero-order valence-corrected chi connectivity index (χ0v) is 8.99. The smallest absolute Gasteiger partial charge is 0.156 e. The van der Waals surface area contributed by atoms with Gasteiger partial charge in [-0.15, -0.1) is 0 Å². The molecule has 15 heavy (non-hydrogen) atoms. The van der Waals surface area contributed by atoms with Crippen molar-refractivity contribution < 1.29 is 9.53 Å². The van der Waals surface area contributed by atoms with E-state index in [2.05, 4.69) is 6.92 Å². The van der Waals surface area contributed by atoms with Gasteiger partial charge >= 0.3 is 0 Å². The minimum absolute atomic E-state index is 0.161. The van der Waals surface area contributed by atoms with E-state index in [4.69, 9.17) is 4.74 Å². The summed E-state index contributed by atoms with van der Waals surface area (Å²) in [5.41, 5.74) is 0.968. The molecule has 1 atom stereocenters. The van der Waals surface area contributed by atoms with E-state index in [0.717, 1.165) is 11.3 Å². The molecule has 0 N–H and O–H groups in total. The van der Waals surface area contributed by atoms with Gasteiger partial charge in [-0.05, 0) is 23.8 Å². The van der Waals surface area contributed by atoms with Crippen LogP contribution in [0, 0.1) is 0 Å². The predicted molar refractivity (Wildman–Crippen MR) is 59.1 cm³/mol. The Morgan fingerprint density at radius 3 is 2.80 bits per heavy atom. The van der Waals surface area contributed by atoms with E-state index in [1.54, 1.807) is 13.2 Å². The van der Waals surface area contributed by atoms with Crippen LogP contribution in [0.4, 0.5) is 0 Å². The van der Waals surface area contributed by atoms with Gasteiger partial charge in [-0.25, -0.2) is 0 Å². The lowest BCUT2D eigenvalue weighted by atomic mass is 9.82. The van der Waals surface area contributed by atoms with E-state index in [0.29, 0.717) is 6.42 Å². The molecule has 0 radical (unpaired) electrons. The van der Waals surface area contributed by atoms with Crippen LogP contribution in [0.5, 0.6) is 5.75 Å². The minimum atomic E-state index is -0.161. The number of hydrogen-bond acceptors (Lipinski definition) is 2. The number of carbonyl (C=O) groups excluding carboxylic acids is 1. The van der Waals surface area contributed by atoms with Gasteiger partial charge in [-0.3, -0.25) is 4.79 Å². The minimum Gasteiger partial charge on any atom is -0.497 e. The molecule has 0 saturated heterocycles. The zero-order chi connectivity index (χ0) is 10.9. The van der Waals surface area contributed by atoms with Crippen molar-refractivity contribution in [3.8, 4) is 5.75 Å². The normalized spacial score (nSPS) is 24.5. The molecule has 0 aromatic heterocycles. The summed E-state index contributed by atoms with van der Waals surface area (Å²) in [6.07, 6.45) is 4.20. The summed E-state index contributed by atoms with van der Waals surface area (Å²) in [6.45, 7) is 2.07. The Labute approximate surface area is 89.6 Å². The largest absolute Gasteiger partial charge is 0.497 e. The van der Waals surface area contributed by atoms with Gasteiger partial charge in [-0.1, -0.05) is 25.1 Å². The molecule has 2 rings (SSSR count). The van der Waals surface area contributed by atoms with Crippen LogP contribution in [0.15, 0.2) is 36.4 Å². The highest BCUT2D eigenvalue weighted by Gasteiger charge is 2.30. The molecule has 1 aromatic rings. The molecular formula is C13H14O2. The fraction of sp³-hybridized carbons (Fsp3) is 0.308. The van der Waals surface area contributed by atoms with Crippen LogP contribution < -0.4 is 4.74 Å². The Kier molecular flexibility index (Phi) is 2.35. The van der Waals surface area contributed by atoms with Crippen molar-refractivity contribution in [3.63, 3.8) is 0 Å². The number of carbonyl (C=O) groups is 1. The standard InChI is InChI=1S/C13H14O2/c1-13(7-6-11(14)9-13)10-4-3-5-12(8-10)15-2/h3-8H,9H2,1-2H3/t13-/m1/s1. The Balaban J connectivity index is 2.37. The number of benzene rings is 1. The molecule has 0 bridgehead atoms. The zero-order valence-electron chi connectivity index (χ0n) is 8.99. The Bertz CT molecular complexity index is 420. The highest BCUT2D eigenvalue weighted by atomic mass is 16.5. The summed E-state index contributed by atoms with van der Waals surface area (Å²) < 4.78 is 5.18. The average molecular weight is 202 g/mol. The van der Waals surface area contributed by atoms with Gasteiger partial charge in [0.05, 0.1) is 7.11 Å². The van der Waals surface area contributed by atoms with Gasteiger partial charge in [0.25, 0.3) is 0 Å². The number of ether oxygens (including phenoxy) is 1. The molecule has 0 fully saturated rings. The van der Waals surface area contributed by atoms with Gasteiger partial charge in [0, 0.05) is 11.8 Å². The first-order chi connectivity index (χ1) is 7.14. The lowest BCUT2D eigenvalue weighted by Crippen LogP contribution is -2.17. The van der Waals surface area contributed by atoms with Crippen LogP contribution >= 0.6 is 0 Å². The summed E-state index contributed by atoms with van der Waals surface area (Å²) >= 11 is 0. The molecule has 1 aromatic carbocycles. The van der Waals surface area contributed by atoms with E-state index in [9.17, 15) is 4.79 Å². The van der Waals surface area contributed by atoms with Crippen molar-refractivity contribution in [1.29, 1.82) is 0 Å². The molecule has 1 aliphatic rings. The number of allylic oxidation sites excluding steroid dienone is 2. The Morgan fingerprint density at radius 1 is 1.40 bits per heavy atom. The lowest BCUT2D eigenvalue weighted by molar-refractivity contribution is -0.114. The number of methoxy groups -OCH3 is 1. The third-order valence-electron chi connectivity index (χ3n) is 2.91. The molecule has 0 saturated carbocycles. The van der Waals surface area contributed by atoms with Gasteiger partial charge in [0.2, 0.25) is 0 Å². The predicted octanol–water partition coefficient (Wildman–Crippen LogP) is 2.48. The molecule has 2 heteroatoms. The fourth-order valence-electron chi connectivity index (χ4n) is 1.93. The maximum absolute atomic E-state index is 11.3. The summed E-state index contributed by atoms with van der Waals surface area (Å²) in [7, 11) is 1.65. The van der Waals surface area contributed by atoms with Crippen molar-refractivity contribution in [2.75, 3.05) is 7.11 Å². The van der Waals surface area contributed by atoms with Crippen LogP contribution in [0.3, 0.4) is 0 Å². The van der Waals surface area contributed by atoms with E-state index in [1.807, 2.05) is 30.3 Å². The summed E-state index contributed by atoms with van der Waals surface area (Å²) in [4.78, 5) is 11.3. The molecular weight excluding hydrogens is 188 g/mol. The molecule has 2 nitrogen and oxygen atoms in total. The molecule has 0 spiro atoms. The van der Waals surface area contributed by atoms with Crippen molar-refractivity contribution in [2.24, 2.45) is 0 Å². The van der Waals surface area contributed by atoms with Gasteiger partial charge in [0.1, 0.15) is 5.75 Å². The lowest BCUT2D eigenvalue weighted by Gasteiger charge is -2.21. The summed E-state index contributed by atoms with van der Waals surface area (Å²) in [5.74, 6) is 1.03. The monoisotopic (exact) mass is 202 g/mol. The van der Waals surface area contributed by atoms with Crippen molar-refractivity contribution >= 4 is 5.78 Å². The van der Waals surface area contributed by atoms with Crippen LogP contribution in [-0.2, 0) is 10.2 Å². The van der Waals surface area contributed by atoms with E-state index < -0.39 is 0 Å². The first kappa shape index (κ1) is 9.97. The quantitative estimate of drug-likeness (QED) is 0.736. The first-order valence-corrected chi connectivity index (χ1v) is 5.01. The number of rotatable bonds is 2. The number of hydrogen-bond donors (Lipinski definition) is 0. The fourth-order valence-corrected chi connectivity index (χ4v) is 1.93. The van der Waals surface area contributed by atoms with Gasteiger partial charge in [0.15, 0.2) is 5.78 Å². The molecule has 1 aliphatic carbocycles. The third-order valence-corrected chi connectivity index (χ3v) is 2.91.